The van der Waals surface area contributed by atoms with Crippen molar-refractivity contribution in [3.63, 3.8) is 0 Å². The number of halogens is 1. The third kappa shape index (κ3) is 3.85. The van der Waals surface area contributed by atoms with E-state index in [0.29, 0.717) is 11.6 Å². The van der Waals surface area contributed by atoms with Crippen LogP contribution in [0.3, 0.4) is 0 Å². The lowest BCUT2D eigenvalue weighted by molar-refractivity contribution is 0.317. The predicted octanol–water partition coefficient (Wildman–Crippen LogP) is 4.76. The average molecular weight is 297 g/mol. The lowest BCUT2D eigenvalue weighted by atomic mass is 10.2. The van der Waals surface area contributed by atoms with Crippen LogP contribution in [-0.4, -0.2) is 11.6 Å². The molecule has 19 heavy (non-hydrogen) atoms. The van der Waals surface area contributed by atoms with Crippen LogP contribution in [0.1, 0.15) is 31.2 Å². The zero-order valence-electron chi connectivity index (χ0n) is 11.0. The van der Waals surface area contributed by atoms with Gasteiger partial charge in [0.05, 0.1) is 23.2 Å². The van der Waals surface area contributed by atoms with Crippen LogP contribution in [-0.2, 0) is 0 Å². The van der Waals surface area contributed by atoms with E-state index in [2.05, 4.69) is 24.1 Å². The number of thiazole rings is 1. The normalized spacial score (nSPS) is 12.2. The lowest BCUT2D eigenvalue weighted by Gasteiger charge is -2.14. The number of aromatic nitrogens is 1. The molecule has 5 heteroatoms. The minimum absolute atomic E-state index is 0.214. The number of rotatable bonds is 6. The van der Waals surface area contributed by atoms with E-state index in [-0.39, 0.29) is 6.04 Å². The van der Waals surface area contributed by atoms with E-state index in [0.717, 1.165) is 17.9 Å². The van der Waals surface area contributed by atoms with E-state index in [1.165, 1.54) is 4.88 Å². The van der Waals surface area contributed by atoms with Gasteiger partial charge in [-0.1, -0.05) is 18.5 Å². The molecule has 1 unspecified atom stereocenters. The van der Waals surface area contributed by atoms with Crippen molar-refractivity contribution >= 4 is 28.6 Å². The summed E-state index contributed by atoms with van der Waals surface area (Å²) in [6.07, 6.45) is 2.85. The number of ether oxygens (including phenoxy) is 1. The highest BCUT2D eigenvalue weighted by Crippen LogP contribution is 2.30. The predicted molar refractivity (Wildman–Crippen MR) is 81.4 cm³/mol. The Morgan fingerprint density at radius 1 is 1.47 bits per heavy atom. The molecule has 1 heterocycles. The fourth-order valence-corrected chi connectivity index (χ4v) is 2.54. The number of hydrogen-bond donors (Lipinski definition) is 1. The molecule has 1 aromatic heterocycles. The molecule has 0 fully saturated rings. The summed E-state index contributed by atoms with van der Waals surface area (Å²) in [4.78, 5) is 5.28. The maximum atomic E-state index is 6.20. The summed E-state index contributed by atoms with van der Waals surface area (Å²) in [6.45, 7) is 4.85. The minimum atomic E-state index is 0.214. The van der Waals surface area contributed by atoms with Gasteiger partial charge in [-0.3, -0.25) is 4.98 Å². The Kier molecular flexibility index (Phi) is 5.05. The van der Waals surface area contributed by atoms with Crippen LogP contribution in [0.4, 0.5) is 5.69 Å². The van der Waals surface area contributed by atoms with Gasteiger partial charge in [0.15, 0.2) is 0 Å². The highest BCUT2D eigenvalue weighted by Gasteiger charge is 2.08. The summed E-state index contributed by atoms with van der Waals surface area (Å²) in [5.41, 5.74) is 2.82. The van der Waals surface area contributed by atoms with Gasteiger partial charge in [0, 0.05) is 16.8 Å². The quantitative estimate of drug-likeness (QED) is 0.834. The van der Waals surface area contributed by atoms with Gasteiger partial charge in [-0.2, -0.15) is 0 Å². The Morgan fingerprint density at radius 2 is 2.32 bits per heavy atom. The topological polar surface area (TPSA) is 34.1 Å². The van der Waals surface area contributed by atoms with Crippen LogP contribution in [0.2, 0.25) is 5.02 Å². The molecule has 2 aromatic rings. The average Bonchev–Trinajstić information content (AvgIpc) is 2.92. The van der Waals surface area contributed by atoms with Crippen molar-refractivity contribution in [2.45, 2.75) is 26.3 Å². The molecular weight excluding hydrogens is 280 g/mol. The first kappa shape index (κ1) is 14.2. The van der Waals surface area contributed by atoms with Gasteiger partial charge >= 0.3 is 0 Å². The van der Waals surface area contributed by atoms with E-state index >= 15 is 0 Å². The first-order valence-corrected chi connectivity index (χ1v) is 7.53. The van der Waals surface area contributed by atoms with Crippen LogP contribution >= 0.6 is 22.9 Å². The Bertz CT molecular complexity index is 516. The van der Waals surface area contributed by atoms with Crippen molar-refractivity contribution < 1.29 is 4.74 Å². The lowest BCUT2D eigenvalue weighted by Crippen LogP contribution is -2.05. The second kappa shape index (κ2) is 6.78. The summed E-state index contributed by atoms with van der Waals surface area (Å²) in [7, 11) is 0. The fraction of sp³-hybridized carbons (Fsp3) is 0.357. The van der Waals surface area contributed by atoms with Crippen molar-refractivity contribution in [2.75, 3.05) is 11.9 Å². The van der Waals surface area contributed by atoms with Crippen LogP contribution in [0.25, 0.3) is 0 Å². The molecular formula is C14H17ClN2OS. The molecule has 2 rings (SSSR count). The molecule has 0 saturated heterocycles. The Balaban J connectivity index is 2.03. The summed E-state index contributed by atoms with van der Waals surface area (Å²) in [6, 6.07) is 5.99. The number of hydrogen-bond acceptors (Lipinski definition) is 4. The number of nitrogens with zero attached hydrogens (tertiary/aromatic N) is 1. The Morgan fingerprint density at radius 3 is 2.95 bits per heavy atom. The van der Waals surface area contributed by atoms with E-state index in [9.17, 15) is 0 Å². The van der Waals surface area contributed by atoms with Crippen molar-refractivity contribution in [3.05, 3.63) is 39.8 Å². The highest BCUT2D eigenvalue weighted by molar-refractivity contribution is 7.09. The molecule has 0 amide bonds. The molecule has 1 atom stereocenters. The van der Waals surface area contributed by atoms with Crippen LogP contribution < -0.4 is 10.1 Å². The maximum Gasteiger partial charge on any atom is 0.138 e. The zero-order valence-corrected chi connectivity index (χ0v) is 12.6. The number of benzene rings is 1. The Labute approximate surface area is 122 Å². The molecule has 0 bridgehead atoms. The molecule has 0 saturated carbocycles. The van der Waals surface area contributed by atoms with E-state index < -0.39 is 0 Å². The molecule has 1 N–H and O–H groups in total. The first-order chi connectivity index (χ1) is 9.20. The van der Waals surface area contributed by atoms with Crippen molar-refractivity contribution in [1.82, 2.24) is 4.98 Å². The van der Waals surface area contributed by atoms with Gasteiger partial charge in [0.2, 0.25) is 0 Å². The van der Waals surface area contributed by atoms with Crippen molar-refractivity contribution in [2.24, 2.45) is 0 Å². The van der Waals surface area contributed by atoms with Crippen molar-refractivity contribution in [3.8, 4) is 5.75 Å². The molecule has 1 aromatic carbocycles. The summed E-state index contributed by atoms with van der Waals surface area (Å²) < 4.78 is 5.55. The SMILES string of the molecule is CCCOc1ccc(NC(C)c2cncs2)cc1Cl. The molecule has 0 aliphatic rings. The minimum Gasteiger partial charge on any atom is -0.492 e. The van der Waals surface area contributed by atoms with Gasteiger partial charge in [-0.15, -0.1) is 11.3 Å². The molecule has 0 aliphatic heterocycles. The number of anilines is 1. The molecule has 102 valence electrons. The summed E-state index contributed by atoms with van der Waals surface area (Å²) in [5, 5.41) is 4.03. The van der Waals surface area contributed by atoms with Gasteiger partial charge in [0.1, 0.15) is 5.75 Å². The molecule has 0 radical (unpaired) electrons. The highest BCUT2D eigenvalue weighted by atomic mass is 35.5. The largest absolute Gasteiger partial charge is 0.492 e. The van der Waals surface area contributed by atoms with E-state index in [1.807, 2.05) is 29.9 Å². The Hall–Kier alpha value is -1.26. The van der Waals surface area contributed by atoms with Crippen LogP contribution in [0, 0.1) is 0 Å². The third-order valence-corrected chi connectivity index (χ3v) is 3.91. The third-order valence-electron chi connectivity index (χ3n) is 2.65. The van der Waals surface area contributed by atoms with Gasteiger partial charge in [-0.25, -0.2) is 0 Å². The van der Waals surface area contributed by atoms with Gasteiger partial charge in [-0.05, 0) is 31.5 Å². The molecule has 0 spiro atoms. The van der Waals surface area contributed by atoms with Gasteiger partial charge < -0.3 is 10.1 Å². The standard InChI is InChI=1S/C14H17ClN2OS/c1-3-6-18-13-5-4-11(7-12(13)15)17-10(2)14-8-16-9-19-14/h4-5,7-10,17H,3,6H2,1-2H3. The monoisotopic (exact) mass is 296 g/mol. The second-order valence-electron chi connectivity index (χ2n) is 4.26. The van der Waals surface area contributed by atoms with Crippen molar-refractivity contribution in [1.29, 1.82) is 0 Å². The first-order valence-electron chi connectivity index (χ1n) is 6.28. The smallest absolute Gasteiger partial charge is 0.138 e. The van der Waals surface area contributed by atoms with E-state index in [1.54, 1.807) is 11.3 Å². The number of nitrogens with one attached hydrogen (secondary N) is 1. The molecule has 0 aliphatic carbocycles. The van der Waals surface area contributed by atoms with Crippen LogP contribution in [0.5, 0.6) is 5.75 Å². The van der Waals surface area contributed by atoms with Gasteiger partial charge in [0.25, 0.3) is 0 Å². The maximum absolute atomic E-state index is 6.20. The second-order valence-corrected chi connectivity index (χ2v) is 5.59. The summed E-state index contributed by atoms with van der Waals surface area (Å²) in [5.74, 6) is 0.736. The van der Waals surface area contributed by atoms with E-state index in [4.69, 9.17) is 16.3 Å². The zero-order chi connectivity index (χ0) is 13.7. The summed E-state index contributed by atoms with van der Waals surface area (Å²) >= 11 is 7.84. The van der Waals surface area contributed by atoms with Crippen LogP contribution in [0.15, 0.2) is 29.9 Å². The molecule has 3 nitrogen and oxygen atoms in total. The fourth-order valence-electron chi connectivity index (χ4n) is 1.68.